The number of hydrogen-bond acceptors (Lipinski definition) is 7. The van der Waals surface area contributed by atoms with Crippen LogP contribution in [0.1, 0.15) is 0 Å². The van der Waals surface area contributed by atoms with Crippen molar-refractivity contribution < 1.29 is 14.2 Å². The van der Waals surface area contributed by atoms with Crippen molar-refractivity contribution in [3.8, 4) is 11.8 Å². The maximum Gasteiger partial charge on any atom is 0.227 e. The summed E-state index contributed by atoms with van der Waals surface area (Å²) in [5, 5.41) is 13.7. The fraction of sp³-hybridized carbons (Fsp3) is 0.0588. The summed E-state index contributed by atoms with van der Waals surface area (Å²) < 4.78 is 19.7. The topological polar surface area (TPSA) is 93.1 Å². The zero-order chi connectivity index (χ0) is 17.4. The highest BCUT2D eigenvalue weighted by Crippen LogP contribution is 2.33. The van der Waals surface area contributed by atoms with Crippen LogP contribution in [0.2, 0.25) is 0 Å². The molecule has 8 heteroatoms. The molecule has 0 atom stereocenters. The summed E-state index contributed by atoms with van der Waals surface area (Å²) in [4.78, 5) is 16.2. The van der Waals surface area contributed by atoms with Crippen molar-refractivity contribution in [3.05, 3.63) is 48.7 Å². The minimum Gasteiger partial charge on any atom is -0.493 e. The van der Waals surface area contributed by atoms with Gasteiger partial charge in [-0.05, 0) is 24.3 Å². The first kappa shape index (κ1) is 15.0. The van der Waals surface area contributed by atoms with Crippen LogP contribution >= 0.6 is 0 Å². The van der Waals surface area contributed by atoms with E-state index >= 15 is 0 Å². The highest BCUT2D eigenvalue weighted by atomic mass is 19.1. The van der Waals surface area contributed by atoms with E-state index in [4.69, 9.17) is 4.74 Å². The summed E-state index contributed by atoms with van der Waals surface area (Å²) >= 11 is 0. The molecule has 0 fully saturated rings. The minimum atomic E-state index is -0.460. The molecule has 0 spiro atoms. The number of hydrogen-bond donors (Lipinski definition) is 2. The van der Waals surface area contributed by atoms with Crippen LogP contribution < -0.4 is 10.1 Å². The number of halogens is 1. The number of aromatic hydroxyl groups is 1. The van der Waals surface area contributed by atoms with E-state index in [0.29, 0.717) is 16.4 Å². The molecule has 1 aromatic carbocycles. The van der Waals surface area contributed by atoms with Gasteiger partial charge in [-0.3, -0.25) is 4.98 Å². The molecule has 0 aliphatic heterocycles. The van der Waals surface area contributed by atoms with Gasteiger partial charge >= 0.3 is 0 Å². The number of nitrogens with zero attached hydrogens (tertiary/aromatic N) is 4. The third-order valence-corrected chi connectivity index (χ3v) is 3.76. The number of pyridine rings is 2. The lowest BCUT2D eigenvalue weighted by atomic mass is 10.2. The predicted octanol–water partition coefficient (Wildman–Crippen LogP) is 3.17. The fourth-order valence-corrected chi connectivity index (χ4v) is 2.58. The van der Waals surface area contributed by atoms with Crippen molar-refractivity contribution in [2.24, 2.45) is 0 Å². The Bertz CT molecular complexity index is 1100. The molecule has 124 valence electrons. The molecule has 3 aromatic heterocycles. The lowest BCUT2D eigenvalue weighted by molar-refractivity contribution is 0.383. The molecule has 0 aliphatic carbocycles. The van der Waals surface area contributed by atoms with E-state index in [2.05, 4.69) is 25.3 Å². The normalized spacial score (nSPS) is 11.0. The molecular formula is C17H12FN5O2. The average Bonchev–Trinajstić information content (AvgIpc) is 2.64. The first-order chi connectivity index (χ1) is 12.2. The first-order valence-electron chi connectivity index (χ1n) is 7.36. The maximum absolute atomic E-state index is 14.7. The maximum atomic E-state index is 14.7. The molecule has 2 N–H and O–H groups in total. The van der Waals surface area contributed by atoms with Gasteiger partial charge in [-0.15, -0.1) is 0 Å². The Morgan fingerprint density at radius 3 is 2.84 bits per heavy atom. The Hall–Kier alpha value is -3.55. The zero-order valence-corrected chi connectivity index (χ0v) is 13.1. The van der Waals surface area contributed by atoms with Gasteiger partial charge in [0.15, 0.2) is 5.82 Å². The monoisotopic (exact) mass is 337 g/mol. The summed E-state index contributed by atoms with van der Waals surface area (Å²) in [6, 6.07) is 8.13. The minimum absolute atomic E-state index is 0.204. The third kappa shape index (κ3) is 2.53. The molecule has 0 amide bonds. The van der Waals surface area contributed by atoms with E-state index in [0.717, 1.165) is 0 Å². The third-order valence-electron chi connectivity index (χ3n) is 3.76. The molecular weight excluding hydrogens is 325 g/mol. The van der Waals surface area contributed by atoms with E-state index in [1.807, 2.05) is 0 Å². The van der Waals surface area contributed by atoms with Gasteiger partial charge in [0.2, 0.25) is 11.8 Å². The number of benzene rings is 1. The Balaban J connectivity index is 1.85. The molecule has 4 aromatic rings. The van der Waals surface area contributed by atoms with Crippen molar-refractivity contribution in [3.63, 3.8) is 0 Å². The second-order valence-corrected chi connectivity index (χ2v) is 5.23. The zero-order valence-electron chi connectivity index (χ0n) is 13.1. The van der Waals surface area contributed by atoms with Gasteiger partial charge in [0.1, 0.15) is 17.5 Å². The van der Waals surface area contributed by atoms with Gasteiger partial charge < -0.3 is 15.2 Å². The standard InChI is InChI=1S/C17H12FN5O2/c1-25-13-7-12-14(17(24)23-13)16(21-8-20-12)22-11-5-4-10-9(15(11)18)3-2-6-19-10/h2-8H,1H3,(H,23,24)(H,20,21,22). The van der Waals surface area contributed by atoms with Gasteiger partial charge in [-0.2, -0.15) is 4.98 Å². The molecule has 0 aliphatic rings. The van der Waals surface area contributed by atoms with E-state index in [1.54, 1.807) is 36.5 Å². The summed E-state index contributed by atoms with van der Waals surface area (Å²) in [5.41, 5.74) is 1.17. The smallest absolute Gasteiger partial charge is 0.227 e. The van der Waals surface area contributed by atoms with Crippen LogP contribution in [0.4, 0.5) is 15.9 Å². The lowest BCUT2D eigenvalue weighted by Gasteiger charge is -2.11. The van der Waals surface area contributed by atoms with E-state index in [-0.39, 0.29) is 28.7 Å². The fourth-order valence-electron chi connectivity index (χ4n) is 2.58. The molecule has 4 rings (SSSR count). The SMILES string of the molecule is COc1cc2ncnc(Nc3ccc4ncccc4c3F)c2c(O)n1. The molecule has 0 saturated heterocycles. The van der Waals surface area contributed by atoms with Gasteiger partial charge in [-0.25, -0.2) is 14.4 Å². The number of aromatic nitrogens is 4. The van der Waals surface area contributed by atoms with Crippen molar-refractivity contribution in [1.82, 2.24) is 19.9 Å². The predicted molar refractivity (Wildman–Crippen MR) is 90.5 cm³/mol. The summed E-state index contributed by atoms with van der Waals surface area (Å²) in [5.74, 6) is -0.309. The number of fused-ring (bicyclic) bond motifs is 2. The highest BCUT2D eigenvalue weighted by molar-refractivity contribution is 5.95. The Kier molecular flexibility index (Phi) is 3.50. The quantitative estimate of drug-likeness (QED) is 0.593. The van der Waals surface area contributed by atoms with Crippen LogP contribution in [-0.2, 0) is 0 Å². The number of methoxy groups -OCH3 is 1. The van der Waals surface area contributed by atoms with Gasteiger partial charge in [0.05, 0.1) is 23.8 Å². The van der Waals surface area contributed by atoms with Gasteiger partial charge in [-0.1, -0.05) is 0 Å². The number of nitrogens with one attached hydrogen (secondary N) is 1. The van der Waals surface area contributed by atoms with Gasteiger partial charge in [0.25, 0.3) is 0 Å². The van der Waals surface area contributed by atoms with Crippen LogP contribution in [0.3, 0.4) is 0 Å². The number of rotatable bonds is 3. The summed E-state index contributed by atoms with van der Waals surface area (Å²) in [6.45, 7) is 0. The average molecular weight is 337 g/mol. The number of ether oxygens (including phenoxy) is 1. The van der Waals surface area contributed by atoms with Crippen molar-refractivity contribution in [1.29, 1.82) is 0 Å². The van der Waals surface area contributed by atoms with Crippen LogP contribution in [0.5, 0.6) is 11.8 Å². The molecule has 0 saturated carbocycles. The molecule has 0 bridgehead atoms. The second-order valence-electron chi connectivity index (χ2n) is 5.23. The van der Waals surface area contributed by atoms with Crippen molar-refractivity contribution in [2.75, 3.05) is 12.4 Å². The van der Waals surface area contributed by atoms with Gasteiger partial charge in [0, 0.05) is 17.6 Å². The Morgan fingerprint density at radius 1 is 1.12 bits per heavy atom. The first-order valence-corrected chi connectivity index (χ1v) is 7.36. The molecule has 7 nitrogen and oxygen atoms in total. The molecule has 25 heavy (non-hydrogen) atoms. The molecule has 0 radical (unpaired) electrons. The summed E-state index contributed by atoms with van der Waals surface area (Å²) in [7, 11) is 1.44. The molecule has 0 unspecified atom stereocenters. The molecule has 3 heterocycles. The second kappa shape index (κ2) is 5.82. The number of anilines is 2. The lowest BCUT2D eigenvalue weighted by Crippen LogP contribution is -2.00. The Labute approximate surface area is 141 Å². The van der Waals surface area contributed by atoms with Crippen molar-refractivity contribution in [2.45, 2.75) is 0 Å². The van der Waals surface area contributed by atoms with E-state index in [9.17, 15) is 9.50 Å². The van der Waals surface area contributed by atoms with Crippen molar-refractivity contribution >= 4 is 33.3 Å². The van der Waals surface area contributed by atoms with Crippen LogP contribution in [0, 0.1) is 5.82 Å². The highest BCUT2D eigenvalue weighted by Gasteiger charge is 2.15. The van der Waals surface area contributed by atoms with E-state index < -0.39 is 5.82 Å². The Morgan fingerprint density at radius 2 is 2.00 bits per heavy atom. The van der Waals surface area contributed by atoms with Crippen LogP contribution in [0.15, 0.2) is 42.9 Å². The van der Waals surface area contributed by atoms with Crippen LogP contribution in [-0.4, -0.2) is 32.2 Å². The van der Waals surface area contributed by atoms with Crippen LogP contribution in [0.25, 0.3) is 21.8 Å². The summed E-state index contributed by atoms with van der Waals surface area (Å²) in [6.07, 6.45) is 2.91. The van der Waals surface area contributed by atoms with E-state index in [1.165, 1.54) is 13.4 Å². The largest absolute Gasteiger partial charge is 0.493 e.